The second-order valence-electron chi connectivity index (χ2n) is 13.5. The van der Waals surface area contributed by atoms with Crippen LogP contribution >= 0.6 is 0 Å². The standard InChI is InChI=1S/3C8H18.C3H8O3/c3*1-7(2)6-8(3,4)5;4-1-3(6)2-5/h3*7H,6H2,1-5H3;3-6H,1-2H2. The van der Waals surface area contributed by atoms with E-state index in [-0.39, 0.29) is 13.2 Å². The summed E-state index contributed by atoms with van der Waals surface area (Å²) in [7, 11) is 0. The van der Waals surface area contributed by atoms with Gasteiger partial charge in [0.1, 0.15) is 6.10 Å². The minimum atomic E-state index is -0.954. The molecule has 30 heavy (non-hydrogen) atoms. The molecule has 3 nitrogen and oxygen atoms in total. The largest absolute Gasteiger partial charge is 0.394 e. The van der Waals surface area contributed by atoms with Crippen molar-refractivity contribution in [3.8, 4) is 0 Å². The molecule has 0 aromatic rings. The molecule has 0 aliphatic rings. The van der Waals surface area contributed by atoms with Crippen molar-refractivity contribution in [1.29, 1.82) is 0 Å². The Balaban J connectivity index is -0.000000151. The molecule has 0 saturated heterocycles. The number of hydrogen-bond acceptors (Lipinski definition) is 3. The molecule has 0 aliphatic heterocycles. The zero-order valence-corrected chi connectivity index (χ0v) is 23.7. The van der Waals surface area contributed by atoms with Crippen molar-refractivity contribution in [2.24, 2.45) is 34.0 Å². The van der Waals surface area contributed by atoms with Crippen LogP contribution in [-0.4, -0.2) is 34.6 Å². The lowest BCUT2D eigenvalue weighted by atomic mass is 9.86. The van der Waals surface area contributed by atoms with Gasteiger partial charge >= 0.3 is 0 Å². The highest BCUT2D eigenvalue weighted by atomic mass is 16.3. The Bertz CT molecular complexity index is 287. The average Bonchev–Trinajstić information content (AvgIpc) is 2.40. The van der Waals surface area contributed by atoms with E-state index in [9.17, 15) is 0 Å². The zero-order valence-electron chi connectivity index (χ0n) is 23.7. The van der Waals surface area contributed by atoms with Crippen molar-refractivity contribution in [2.75, 3.05) is 13.2 Å². The monoisotopic (exact) mass is 434 g/mol. The Labute approximate surface area is 192 Å². The summed E-state index contributed by atoms with van der Waals surface area (Å²) < 4.78 is 0. The van der Waals surface area contributed by atoms with Gasteiger partial charge in [-0.2, -0.15) is 0 Å². The Kier molecular flexibility index (Phi) is 22.9. The first kappa shape index (κ1) is 37.2. The van der Waals surface area contributed by atoms with E-state index in [1.807, 2.05) is 0 Å². The highest BCUT2D eigenvalue weighted by Gasteiger charge is 2.12. The first-order chi connectivity index (χ1) is 13.1. The van der Waals surface area contributed by atoms with Crippen molar-refractivity contribution in [1.82, 2.24) is 0 Å². The molecule has 0 aromatic carbocycles. The second-order valence-corrected chi connectivity index (χ2v) is 13.5. The molecule has 0 rings (SSSR count). The minimum absolute atomic E-state index is 0.365. The van der Waals surface area contributed by atoms with Gasteiger partial charge in [0.25, 0.3) is 0 Å². The number of aliphatic hydroxyl groups excluding tert-OH is 3. The Morgan fingerprint density at radius 1 is 0.467 bits per heavy atom. The van der Waals surface area contributed by atoms with E-state index in [0.29, 0.717) is 16.2 Å². The lowest BCUT2D eigenvalue weighted by Gasteiger charge is -2.20. The van der Waals surface area contributed by atoms with Crippen molar-refractivity contribution < 1.29 is 15.3 Å². The summed E-state index contributed by atoms with van der Waals surface area (Å²) in [5, 5.41) is 24.0. The summed E-state index contributed by atoms with van der Waals surface area (Å²) in [4.78, 5) is 0. The van der Waals surface area contributed by atoms with Crippen LogP contribution in [0.3, 0.4) is 0 Å². The van der Waals surface area contributed by atoms with Crippen molar-refractivity contribution in [2.45, 2.75) is 129 Å². The Morgan fingerprint density at radius 3 is 0.633 bits per heavy atom. The van der Waals surface area contributed by atoms with Gasteiger partial charge in [0.05, 0.1) is 13.2 Å². The molecule has 188 valence electrons. The van der Waals surface area contributed by atoms with Gasteiger partial charge in [0, 0.05) is 0 Å². The average molecular weight is 435 g/mol. The highest BCUT2D eigenvalue weighted by molar-refractivity contribution is 4.64. The van der Waals surface area contributed by atoms with Gasteiger partial charge in [-0.05, 0) is 53.3 Å². The lowest BCUT2D eigenvalue weighted by molar-refractivity contribution is 0.0450. The maximum absolute atomic E-state index is 8.17. The molecule has 0 heterocycles. The van der Waals surface area contributed by atoms with Crippen molar-refractivity contribution >= 4 is 0 Å². The predicted octanol–water partition coefficient (Wildman–Crippen LogP) is 7.57. The molecular formula is C27H62O3. The summed E-state index contributed by atoms with van der Waals surface area (Å²) in [6.07, 6.45) is 3.03. The summed E-state index contributed by atoms with van der Waals surface area (Å²) >= 11 is 0. The van der Waals surface area contributed by atoms with E-state index in [0.717, 1.165) is 17.8 Å². The van der Waals surface area contributed by atoms with Gasteiger partial charge in [0.2, 0.25) is 0 Å². The summed E-state index contributed by atoms with van der Waals surface area (Å²) in [6, 6.07) is 0. The van der Waals surface area contributed by atoms with E-state index < -0.39 is 6.10 Å². The maximum Gasteiger partial charge on any atom is 0.100 e. The first-order valence-corrected chi connectivity index (χ1v) is 12.0. The van der Waals surface area contributed by atoms with Gasteiger partial charge in [0.15, 0.2) is 0 Å². The Morgan fingerprint density at radius 2 is 0.633 bits per heavy atom. The molecule has 0 saturated carbocycles. The third kappa shape index (κ3) is 56.5. The summed E-state index contributed by atoms with van der Waals surface area (Å²) in [5.74, 6) is 2.53. The molecule has 0 amide bonds. The lowest BCUT2D eigenvalue weighted by Crippen LogP contribution is -2.15. The molecule has 3 N–H and O–H groups in total. The SMILES string of the molecule is CC(C)CC(C)(C)C.CC(C)CC(C)(C)C.CC(C)CC(C)(C)C.OCC(O)CO. The van der Waals surface area contributed by atoms with E-state index in [2.05, 4.69) is 104 Å². The van der Waals surface area contributed by atoms with E-state index in [1.165, 1.54) is 19.3 Å². The molecule has 0 fully saturated rings. The van der Waals surface area contributed by atoms with Crippen LogP contribution in [0.2, 0.25) is 0 Å². The molecule has 0 radical (unpaired) electrons. The first-order valence-electron chi connectivity index (χ1n) is 12.0. The summed E-state index contributed by atoms with van der Waals surface area (Å²) in [6.45, 7) is 33.4. The predicted molar refractivity (Wildman–Crippen MR) is 137 cm³/mol. The highest BCUT2D eigenvalue weighted by Crippen LogP contribution is 2.24. The molecular weight excluding hydrogens is 372 g/mol. The molecule has 0 atom stereocenters. The van der Waals surface area contributed by atoms with Gasteiger partial charge in [-0.15, -0.1) is 0 Å². The van der Waals surface area contributed by atoms with Crippen LogP contribution in [0.5, 0.6) is 0 Å². The smallest absolute Gasteiger partial charge is 0.100 e. The van der Waals surface area contributed by atoms with Crippen LogP contribution in [0.1, 0.15) is 123 Å². The normalized spacial score (nSPS) is 12.2. The molecule has 0 unspecified atom stereocenters. The van der Waals surface area contributed by atoms with Crippen LogP contribution < -0.4 is 0 Å². The summed E-state index contributed by atoms with van der Waals surface area (Å²) in [5.41, 5.74) is 1.57. The third-order valence-corrected chi connectivity index (χ3v) is 3.48. The fraction of sp³-hybridized carbons (Fsp3) is 1.00. The molecule has 0 aromatic heterocycles. The minimum Gasteiger partial charge on any atom is -0.394 e. The molecule has 0 aliphatic carbocycles. The van der Waals surface area contributed by atoms with Crippen molar-refractivity contribution in [3.05, 3.63) is 0 Å². The third-order valence-electron chi connectivity index (χ3n) is 3.48. The number of hydrogen-bond donors (Lipinski definition) is 3. The number of aliphatic hydroxyl groups is 3. The van der Waals surface area contributed by atoms with Crippen LogP contribution in [0.15, 0.2) is 0 Å². The second kappa shape index (κ2) is 18.5. The van der Waals surface area contributed by atoms with Gasteiger partial charge in [-0.1, -0.05) is 104 Å². The molecule has 0 spiro atoms. The Hall–Kier alpha value is -0.120. The zero-order chi connectivity index (χ0) is 25.3. The van der Waals surface area contributed by atoms with Crippen LogP contribution in [-0.2, 0) is 0 Å². The van der Waals surface area contributed by atoms with Gasteiger partial charge in [-0.25, -0.2) is 0 Å². The topological polar surface area (TPSA) is 60.7 Å². The van der Waals surface area contributed by atoms with E-state index in [1.54, 1.807) is 0 Å². The van der Waals surface area contributed by atoms with Crippen LogP contribution in [0, 0.1) is 34.0 Å². The van der Waals surface area contributed by atoms with Crippen molar-refractivity contribution in [3.63, 3.8) is 0 Å². The van der Waals surface area contributed by atoms with Crippen LogP contribution in [0.25, 0.3) is 0 Å². The fourth-order valence-electron chi connectivity index (χ4n) is 3.73. The fourth-order valence-corrected chi connectivity index (χ4v) is 3.73. The van der Waals surface area contributed by atoms with Gasteiger partial charge < -0.3 is 15.3 Å². The molecule has 0 bridgehead atoms. The van der Waals surface area contributed by atoms with Gasteiger partial charge in [-0.3, -0.25) is 0 Å². The van der Waals surface area contributed by atoms with E-state index >= 15 is 0 Å². The maximum atomic E-state index is 8.17. The van der Waals surface area contributed by atoms with Crippen LogP contribution in [0.4, 0.5) is 0 Å². The van der Waals surface area contributed by atoms with E-state index in [4.69, 9.17) is 15.3 Å². The number of rotatable bonds is 5. The quantitative estimate of drug-likeness (QED) is 0.418. The molecule has 3 heteroatoms.